The van der Waals surface area contributed by atoms with Crippen LogP contribution in [0.25, 0.3) is 0 Å². The summed E-state index contributed by atoms with van der Waals surface area (Å²) in [5.41, 5.74) is 0. The quantitative estimate of drug-likeness (QED) is 0.202. The van der Waals surface area contributed by atoms with Gasteiger partial charge in [-0.25, -0.2) is 0 Å². The second kappa shape index (κ2) is 19.7. The van der Waals surface area contributed by atoms with Gasteiger partial charge in [-0.1, -0.05) is 64.5 Å². The van der Waals surface area contributed by atoms with Gasteiger partial charge in [-0.05, 0) is 38.5 Å². The molecule has 3 heteroatoms. The van der Waals surface area contributed by atoms with E-state index in [0.717, 1.165) is 51.7 Å². The molecule has 0 amide bonds. The summed E-state index contributed by atoms with van der Waals surface area (Å²) in [4.78, 5) is 0. The molecule has 1 N–H and O–H groups in total. The maximum atomic E-state index is 8.74. The van der Waals surface area contributed by atoms with Gasteiger partial charge in [0.25, 0.3) is 0 Å². The highest BCUT2D eigenvalue weighted by atomic mass is 16.7. The van der Waals surface area contributed by atoms with Gasteiger partial charge in [0.15, 0.2) is 6.29 Å². The van der Waals surface area contributed by atoms with Crippen molar-refractivity contribution in [3.8, 4) is 0 Å². The van der Waals surface area contributed by atoms with Crippen LogP contribution in [0.2, 0.25) is 0 Å². The Morgan fingerprint density at radius 1 is 0.739 bits per heavy atom. The Morgan fingerprint density at radius 2 is 1.30 bits per heavy atom. The second-order valence-corrected chi connectivity index (χ2v) is 6.21. The fourth-order valence-corrected chi connectivity index (χ4v) is 2.41. The summed E-state index contributed by atoms with van der Waals surface area (Å²) in [6.45, 7) is 6.33. The van der Waals surface area contributed by atoms with Crippen LogP contribution >= 0.6 is 0 Å². The largest absolute Gasteiger partial charge is 0.396 e. The second-order valence-electron chi connectivity index (χ2n) is 6.21. The van der Waals surface area contributed by atoms with E-state index in [9.17, 15) is 0 Å². The average Bonchev–Trinajstić information content (AvgIpc) is 2.56. The minimum Gasteiger partial charge on any atom is -0.396 e. The highest BCUT2D eigenvalue weighted by Crippen LogP contribution is 2.11. The normalized spacial score (nSPS) is 11.8. The third-order valence-corrected chi connectivity index (χ3v) is 3.88. The van der Waals surface area contributed by atoms with Crippen molar-refractivity contribution in [1.29, 1.82) is 0 Å². The van der Waals surface area contributed by atoms with Gasteiger partial charge in [0, 0.05) is 19.8 Å². The van der Waals surface area contributed by atoms with Crippen LogP contribution in [0.5, 0.6) is 0 Å². The van der Waals surface area contributed by atoms with Crippen LogP contribution in [-0.4, -0.2) is 31.2 Å². The lowest BCUT2D eigenvalue weighted by Crippen LogP contribution is -2.19. The fraction of sp³-hybridized carbons (Fsp3) is 0.900. The fourth-order valence-electron chi connectivity index (χ4n) is 2.41. The number of unbranched alkanes of at least 4 members (excludes halogenated alkanes) is 7. The van der Waals surface area contributed by atoms with Crippen LogP contribution < -0.4 is 0 Å². The van der Waals surface area contributed by atoms with Crippen LogP contribution in [0, 0.1) is 0 Å². The summed E-state index contributed by atoms with van der Waals surface area (Å²) in [5.74, 6) is 0. The minimum atomic E-state index is -0.0375. The summed E-state index contributed by atoms with van der Waals surface area (Å²) in [6.07, 6.45) is 17.9. The topological polar surface area (TPSA) is 38.7 Å². The van der Waals surface area contributed by atoms with E-state index in [2.05, 4.69) is 19.9 Å². The molecule has 0 fully saturated rings. The van der Waals surface area contributed by atoms with Crippen molar-refractivity contribution in [3.63, 3.8) is 0 Å². The third-order valence-electron chi connectivity index (χ3n) is 3.88. The maximum absolute atomic E-state index is 8.74. The summed E-state index contributed by atoms with van der Waals surface area (Å²) >= 11 is 0. The molecule has 3 nitrogen and oxygen atoms in total. The number of aliphatic hydroxyl groups excluding tert-OH is 1. The Morgan fingerprint density at radius 3 is 1.83 bits per heavy atom. The molecule has 0 aliphatic rings. The molecule has 0 aliphatic heterocycles. The summed E-state index contributed by atoms with van der Waals surface area (Å²) in [5, 5.41) is 8.74. The summed E-state index contributed by atoms with van der Waals surface area (Å²) in [6, 6.07) is 0. The third kappa shape index (κ3) is 17.8. The first-order valence-corrected chi connectivity index (χ1v) is 9.84. The minimum absolute atomic E-state index is 0.0375. The van der Waals surface area contributed by atoms with E-state index in [1.165, 1.54) is 38.5 Å². The van der Waals surface area contributed by atoms with E-state index in [4.69, 9.17) is 14.6 Å². The molecule has 0 aromatic heterocycles. The summed E-state index contributed by atoms with van der Waals surface area (Å²) in [7, 11) is 0. The average molecular weight is 329 g/mol. The monoisotopic (exact) mass is 328 g/mol. The molecule has 0 unspecified atom stereocenters. The zero-order valence-electron chi connectivity index (χ0n) is 15.6. The van der Waals surface area contributed by atoms with E-state index in [0.29, 0.717) is 0 Å². The number of hydrogen-bond acceptors (Lipinski definition) is 3. The van der Waals surface area contributed by atoms with Crippen LogP contribution in [0.1, 0.15) is 90.9 Å². The van der Waals surface area contributed by atoms with Gasteiger partial charge in [-0.15, -0.1) is 0 Å². The van der Waals surface area contributed by atoms with Crippen LogP contribution in [-0.2, 0) is 9.47 Å². The van der Waals surface area contributed by atoms with E-state index >= 15 is 0 Å². The molecule has 0 aliphatic carbocycles. The lowest BCUT2D eigenvalue weighted by atomic mass is 10.2. The number of allylic oxidation sites excluding steroid dienone is 1. The molecule has 0 aromatic carbocycles. The van der Waals surface area contributed by atoms with Crippen LogP contribution in [0.15, 0.2) is 12.2 Å². The van der Waals surface area contributed by atoms with Gasteiger partial charge in [-0.3, -0.25) is 0 Å². The Labute approximate surface area is 144 Å². The van der Waals surface area contributed by atoms with E-state index in [1.54, 1.807) is 0 Å². The molecular formula is C20H40O3. The predicted octanol–water partition coefficient (Wildman–Crippen LogP) is 5.62. The molecule has 0 aromatic rings. The van der Waals surface area contributed by atoms with E-state index < -0.39 is 0 Å². The molecule has 0 atom stereocenters. The summed E-state index contributed by atoms with van der Waals surface area (Å²) < 4.78 is 11.9. The van der Waals surface area contributed by atoms with Gasteiger partial charge in [-0.2, -0.15) is 0 Å². The van der Waals surface area contributed by atoms with Crippen LogP contribution in [0.3, 0.4) is 0 Å². The van der Waals surface area contributed by atoms with Crippen molar-refractivity contribution in [1.82, 2.24) is 0 Å². The van der Waals surface area contributed by atoms with E-state index in [-0.39, 0.29) is 12.9 Å². The predicted molar refractivity (Wildman–Crippen MR) is 98.7 cm³/mol. The van der Waals surface area contributed by atoms with E-state index in [1.807, 2.05) is 6.08 Å². The number of ether oxygens (including phenoxy) is 2. The van der Waals surface area contributed by atoms with Gasteiger partial charge in [0.2, 0.25) is 0 Å². The van der Waals surface area contributed by atoms with Crippen molar-refractivity contribution < 1.29 is 14.6 Å². The molecule has 0 bridgehead atoms. The molecule has 0 rings (SSSR count). The lowest BCUT2D eigenvalue weighted by Gasteiger charge is -2.18. The molecule has 0 saturated carbocycles. The van der Waals surface area contributed by atoms with Gasteiger partial charge in [0.05, 0.1) is 0 Å². The number of aliphatic hydroxyl groups is 1. The van der Waals surface area contributed by atoms with Crippen molar-refractivity contribution in [2.75, 3.05) is 19.8 Å². The van der Waals surface area contributed by atoms with Crippen molar-refractivity contribution in [3.05, 3.63) is 12.2 Å². The Balaban J connectivity index is 3.81. The first kappa shape index (κ1) is 22.6. The first-order valence-electron chi connectivity index (χ1n) is 9.84. The smallest absolute Gasteiger partial charge is 0.157 e. The maximum Gasteiger partial charge on any atom is 0.157 e. The molecule has 0 heterocycles. The lowest BCUT2D eigenvalue weighted by molar-refractivity contribution is -0.147. The van der Waals surface area contributed by atoms with Gasteiger partial charge < -0.3 is 14.6 Å². The number of hydrogen-bond donors (Lipinski definition) is 1. The SMILES string of the molecule is CCCCCCOC(CCC/C=C/CCO)OCCCCCC. The molecule has 0 radical (unpaired) electrons. The van der Waals surface area contributed by atoms with Crippen molar-refractivity contribution in [2.24, 2.45) is 0 Å². The van der Waals surface area contributed by atoms with Crippen molar-refractivity contribution in [2.45, 2.75) is 97.2 Å². The Kier molecular flexibility index (Phi) is 19.3. The zero-order chi connectivity index (χ0) is 17.0. The molecule has 0 saturated heterocycles. The Hall–Kier alpha value is -0.380. The first-order chi connectivity index (χ1) is 11.3. The van der Waals surface area contributed by atoms with Gasteiger partial charge >= 0.3 is 0 Å². The van der Waals surface area contributed by atoms with Gasteiger partial charge in [0.1, 0.15) is 0 Å². The molecule has 0 spiro atoms. The Bertz CT molecular complexity index is 227. The molecule has 138 valence electrons. The standard InChI is InChI=1S/C20H40O3/c1-3-5-7-14-18-22-20(23-19-15-8-6-4-2)16-12-10-9-11-13-17-21/h9,11,20-21H,3-8,10,12-19H2,1-2H3/b11-9+. The highest BCUT2D eigenvalue weighted by molar-refractivity contribution is 4.81. The highest BCUT2D eigenvalue weighted by Gasteiger charge is 2.08. The molecular weight excluding hydrogens is 288 g/mol. The number of rotatable bonds is 18. The van der Waals surface area contributed by atoms with Crippen molar-refractivity contribution >= 4 is 0 Å². The molecule has 23 heavy (non-hydrogen) atoms. The zero-order valence-corrected chi connectivity index (χ0v) is 15.6. The van der Waals surface area contributed by atoms with Crippen LogP contribution in [0.4, 0.5) is 0 Å².